The molecule has 1 fully saturated rings. The summed E-state index contributed by atoms with van der Waals surface area (Å²) in [6.07, 6.45) is 2.27. The number of rotatable bonds is 8. The standard InChI is InChI=1S/C13H25NO3/c1-9(2)6-12(15)7-14-13(16)10(3)17-8-11-4-5-11/h9-12,15H,4-8H2,1-3H3,(H,14,16). The molecule has 0 spiro atoms. The zero-order chi connectivity index (χ0) is 12.8. The van der Waals surface area contributed by atoms with Crippen LogP contribution in [0.4, 0.5) is 0 Å². The summed E-state index contributed by atoms with van der Waals surface area (Å²) in [5.41, 5.74) is 0. The third kappa shape index (κ3) is 6.64. The lowest BCUT2D eigenvalue weighted by Crippen LogP contribution is -2.39. The third-order valence-corrected chi connectivity index (χ3v) is 2.90. The van der Waals surface area contributed by atoms with Crippen LogP contribution in [0.1, 0.15) is 40.0 Å². The van der Waals surface area contributed by atoms with E-state index in [2.05, 4.69) is 5.32 Å². The summed E-state index contributed by atoms with van der Waals surface area (Å²) in [6.45, 7) is 6.85. The normalized spacial score (nSPS) is 19.1. The molecule has 2 unspecified atom stereocenters. The predicted molar refractivity (Wildman–Crippen MR) is 66.6 cm³/mol. The molecule has 2 atom stereocenters. The van der Waals surface area contributed by atoms with Crippen molar-refractivity contribution in [2.45, 2.75) is 52.2 Å². The number of aliphatic hydroxyl groups is 1. The Morgan fingerprint density at radius 2 is 2.06 bits per heavy atom. The summed E-state index contributed by atoms with van der Waals surface area (Å²) < 4.78 is 5.45. The Morgan fingerprint density at radius 3 is 2.59 bits per heavy atom. The molecule has 0 aromatic rings. The fraction of sp³-hybridized carbons (Fsp3) is 0.923. The van der Waals surface area contributed by atoms with Crippen LogP contribution in [0.2, 0.25) is 0 Å². The van der Waals surface area contributed by atoms with E-state index in [4.69, 9.17) is 4.74 Å². The number of amides is 1. The molecule has 0 saturated heterocycles. The fourth-order valence-corrected chi connectivity index (χ4v) is 1.63. The average Bonchev–Trinajstić information content (AvgIpc) is 3.05. The van der Waals surface area contributed by atoms with Gasteiger partial charge in [0, 0.05) is 6.54 Å². The van der Waals surface area contributed by atoms with Crippen LogP contribution in [0, 0.1) is 11.8 Å². The number of hydrogen-bond acceptors (Lipinski definition) is 3. The van der Waals surface area contributed by atoms with Crippen LogP contribution in [-0.2, 0) is 9.53 Å². The van der Waals surface area contributed by atoms with E-state index in [1.807, 2.05) is 13.8 Å². The van der Waals surface area contributed by atoms with Gasteiger partial charge in [0.1, 0.15) is 6.10 Å². The van der Waals surface area contributed by atoms with Crippen LogP contribution >= 0.6 is 0 Å². The number of hydrogen-bond donors (Lipinski definition) is 2. The molecule has 0 bridgehead atoms. The molecule has 100 valence electrons. The number of carbonyl (C=O) groups excluding carboxylic acids is 1. The zero-order valence-electron chi connectivity index (χ0n) is 11.1. The molecule has 0 aromatic heterocycles. The zero-order valence-corrected chi connectivity index (χ0v) is 11.1. The smallest absolute Gasteiger partial charge is 0.248 e. The summed E-state index contributed by atoms with van der Waals surface area (Å²) in [6, 6.07) is 0. The van der Waals surface area contributed by atoms with Crippen LogP contribution in [0.15, 0.2) is 0 Å². The largest absolute Gasteiger partial charge is 0.391 e. The van der Waals surface area contributed by atoms with Crippen LogP contribution in [0.5, 0.6) is 0 Å². The Balaban J connectivity index is 2.09. The highest BCUT2D eigenvalue weighted by Gasteiger charge is 2.24. The van der Waals surface area contributed by atoms with Crippen molar-refractivity contribution in [2.24, 2.45) is 11.8 Å². The maximum absolute atomic E-state index is 11.6. The maximum Gasteiger partial charge on any atom is 0.248 e. The van der Waals surface area contributed by atoms with E-state index in [1.54, 1.807) is 6.92 Å². The van der Waals surface area contributed by atoms with Gasteiger partial charge in [0.25, 0.3) is 0 Å². The van der Waals surface area contributed by atoms with Gasteiger partial charge in [0.15, 0.2) is 0 Å². The number of aliphatic hydroxyl groups excluding tert-OH is 1. The van der Waals surface area contributed by atoms with Gasteiger partial charge in [0.2, 0.25) is 5.91 Å². The van der Waals surface area contributed by atoms with Crippen molar-refractivity contribution in [3.63, 3.8) is 0 Å². The van der Waals surface area contributed by atoms with E-state index >= 15 is 0 Å². The Labute approximate surface area is 104 Å². The van der Waals surface area contributed by atoms with Crippen molar-refractivity contribution in [1.82, 2.24) is 5.32 Å². The Morgan fingerprint density at radius 1 is 1.41 bits per heavy atom. The van der Waals surface area contributed by atoms with Crippen LogP contribution < -0.4 is 5.32 Å². The van der Waals surface area contributed by atoms with Gasteiger partial charge in [-0.2, -0.15) is 0 Å². The molecular formula is C13H25NO3. The highest BCUT2D eigenvalue weighted by molar-refractivity contribution is 5.80. The van der Waals surface area contributed by atoms with E-state index in [1.165, 1.54) is 12.8 Å². The van der Waals surface area contributed by atoms with Crippen molar-refractivity contribution in [1.29, 1.82) is 0 Å². The number of carbonyl (C=O) groups is 1. The van der Waals surface area contributed by atoms with Crippen molar-refractivity contribution >= 4 is 5.91 Å². The molecule has 4 nitrogen and oxygen atoms in total. The van der Waals surface area contributed by atoms with E-state index in [-0.39, 0.29) is 5.91 Å². The first-order valence-electron chi connectivity index (χ1n) is 6.56. The summed E-state index contributed by atoms with van der Waals surface area (Å²) in [5, 5.41) is 12.3. The first-order chi connectivity index (χ1) is 7.99. The molecule has 0 heterocycles. The highest BCUT2D eigenvalue weighted by Crippen LogP contribution is 2.29. The molecular weight excluding hydrogens is 218 g/mol. The second-order valence-corrected chi connectivity index (χ2v) is 5.45. The Bertz CT molecular complexity index is 239. The Kier molecular flexibility index (Phi) is 5.92. The van der Waals surface area contributed by atoms with Crippen molar-refractivity contribution in [3.05, 3.63) is 0 Å². The van der Waals surface area contributed by atoms with Gasteiger partial charge in [-0.15, -0.1) is 0 Å². The van der Waals surface area contributed by atoms with Gasteiger partial charge in [-0.05, 0) is 38.0 Å². The van der Waals surface area contributed by atoms with Crippen molar-refractivity contribution in [2.75, 3.05) is 13.2 Å². The lowest BCUT2D eigenvalue weighted by Gasteiger charge is -2.16. The van der Waals surface area contributed by atoms with Crippen molar-refractivity contribution in [3.8, 4) is 0 Å². The van der Waals surface area contributed by atoms with Crippen molar-refractivity contribution < 1.29 is 14.6 Å². The fourth-order valence-electron chi connectivity index (χ4n) is 1.63. The highest BCUT2D eigenvalue weighted by atomic mass is 16.5. The summed E-state index contributed by atoms with van der Waals surface area (Å²) >= 11 is 0. The molecule has 1 aliphatic carbocycles. The summed E-state index contributed by atoms with van der Waals surface area (Å²) in [5.74, 6) is 0.968. The lowest BCUT2D eigenvalue weighted by molar-refractivity contribution is -0.132. The summed E-state index contributed by atoms with van der Waals surface area (Å²) in [7, 11) is 0. The third-order valence-electron chi connectivity index (χ3n) is 2.90. The van der Waals surface area contributed by atoms with Gasteiger partial charge in [-0.25, -0.2) is 0 Å². The molecule has 2 N–H and O–H groups in total. The molecule has 4 heteroatoms. The summed E-state index contributed by atoms with van der Waals surface area (Å²) in [4.78, 5) is 11.6. The number of nitrogens with one attached hydrogen (secondary N) is 1. The Hall–Kier alpha value is -0.610. The topological polar surface area (TPSA) is 58.6 Å². The van der Waals surface area contributed by atoms with Gasteiger partial charge in [-0.3, -0.25) is 4.79 Å². The van der Waals surface area contributed by atoms with Crippen LogP contribution in [-0.4, -0.2) is 36.4 Å². The van der Waals surface area contributed by atoms with Gasteiger partial charge in [0.05, 0.1) is 12.7 Å². The molecule has 1 aliphatic rings. The second kappa shape index (κ2) is 6.97. The first kappa shape index (κ1) is 14.5. The predicted octanol–water partition coefficient (Wildman–Crippen LogP) is 1.32. The van der Waals surface area contributed by atoms with Crippen LogP contribution in [0.25, 0.3) is 0 Å². The van der Waals surface area contributed by atoms with E-state index in [9.17, 15) is 9.90 Å². The minimum absolute atomic E-state index is 0.131. The average molecular weight is 243 g/mol. The quantitative estimate of drug-likeness (QED) is 0.676. The molecule has 1 amide bonds. The molecule has 0 aliphatic heterocycles. The molecule has 1 saturated carbocycles. The van der Waals surface area contributed by atoms with E-state index < -0.39 is 12.2 Å². The molecule has 1 rings (SSSR count). The second-order valence-electron chi connectivity index (χ2n) is 5.45. The van der Waals surface area contributed by atoms with Gasteiger partial charge < -0.3 is 15.2 Å². The van der Waals surface area contributed by atoms with Crippen LogP contribution in [0.3, 0.4) is 0 Å². The SMILES string of the molecule is CC(C)CC(O)CNC(=O)C(C)OCC1CC1. The first-order valence-corrected chi connectivity index (χ1v) is 6.56. The molecule has 17 heavy (non-hydrogen) atoms. The lowest BCUT2D eigenvalue weighted by atomic mass is 10.1. The minimum Gasteiger partial charge on any atom is -0.391 e. The maximum atomic E-state index is 11.6. The van der Waals surface area contributed by atoms with E-state index in [0.29, 0.717) is 31.4 Å². The molecule has 0 aromatic carbocycles. The van der Waals surface area contributed by atoms with E-state index in [0.717, 1.165) is 0 Å². The van der Waals surface area contributed by atoms with Gasteiger partial charge in [-0.1, -0.05) is 13.8 Å². The minimum atomic E-state index is -0.463. The molecule has 0 radical (unpaired) electrons. The van der Waals surface area contributed by atoms with Gasteiger partial charge >= 0.3 is 0 Å². The monoisotopic (exact) mass is 243 g/mol. The number of ether oxygens (including phenoxy) is 1.